The van der Waals surface area contributed by atoms with E-state index in [2.05, 4.69) is 18.9 Å². The van der Waals surface area contributed by atoms with Crippen LogP contribution in [0, 0.1) is 5.92 Å². The van der Waals surface area contributed by atoms with Crippen LogP contribution in [0.1, 0.15) is 49.8 Å². The topological polar surface area (TPSA) is 64.2 Å². The van der Waals surface area contributed by atoms with E-state index in [4.69, 9.17) is 5.73 Å². The molecule has 0 bridgehead atoms. The van der Waals surface area contributed by atoms with Crippen molar-refractivity contribution in [2.75, 3.05) is 13.1 Å². The molecule has 0 spiro atoms. The predicted molar refractivity (Wildman–Crippen MR) is 79.6 cm³/mol. The Kier molecular flexibility index (Phi) is 4.81. The van der Waals surface area contributed by atoms with Crippen molar-refractivity contribution in [1.29, 1.82) is 0 Å². The Morgan fingerprint density at radius 3 is 2.60 bits per heavy atom. The molecular weight excluding hydrogens is 252 g/mol. The molecule has 1 unspecified atom stereocenters. The van der Waals surface area contributed by atoms with Crippen molar-refractivity contribution in [1.82, 2.24) is 14.7 Å². The van der Waals surface area contributed by atoms with Crippen molar-refractivity contribution < 1.29 is 4.79 Å². The lowest BCUT2D eigenvalue weighted by atomic mass is 9.91. The maximum atomic E-state index is 12.6. The molecule has 5 heteroatoms. The van der Waals surface area contributed by atoms with Gasteiger partial charge in [-0.15, -0.1) is 0 Å². The maximum absolute atomic E-state index is 12.6. The smallest absolute Gasteiger partial charge is 0.272 e. The zero-order chi connectivity index (χ0) is 14.7. The lowest BCUT2D eigenvalue weighted by molar-refractivity contribution is 0.0668. The van der Waals surface area contributed by atoms with Crippen LogP contribution in [0.3, 0.4) is 0 Å². The third kappa shape index (κ3) is 3.03. The molecule has 1 aromatic rings. The molecule has 20 heavy (non-hydrogen) atoms. The van der Waals surface area contributed by atoms with Gasteiger partial charge >= 0.3 is 0 Å². The normalized spacial score (nSPS) is 18.3. The summed E-state index contributed by atoms with van der Waals surface area (Å²) in [6, 6.07) is 2.16. The first-order chi connectivity index (χ1) is 9.56. The SMILES string of the molecule is CCc1cc(C(=O)N2CCC(C(C)N)CC2)n(CC)n1. The lowest BCUT2D eigenvalue weighted by Gasteiger charge is -2.33. The summed E-state index contributed by atoms with van der Waals surface area (Å²) >= 11 is 0. The van der Waals surface area contributed by atoms with E-state index in [0.29, 0.717) is 5.92 Å². The fourth-order valence-electron chi connectivity index (χ4n) is 2.85. The van der Waals surface area contributed by atoms with Crippen molar-refractivity contribution >= 4 is 5.91 Å². The molecule has 1 aromatic heterocycles. The largest absolute Gasteiger partial charge is 0.337 e. The number of piperidine rings is 1. The molecule has 0 aliphatic carbocycles. The molecule has 112 valence electrons. The van der Waals surface area contributed by atoms with E-state index >= 15 is 0 Å². The number of rotatable bonds is 4. The van der Waals surface area contributed by atoms with Crippen molar-refractivity contribution in [2.24, 2.45) is 11.7 Å². The summed E-state index contributed by atoms with van der Waals surface area (Å²) in [5, 5.41) is 4.46. The Hall–Kier alpha value is -1.36. The third-order valence-electron chi connectivity index (χ3n) is 4.28. The van der Waals surface area contributed by atoms with Crippen molar-refractivity contribution in [3.63, 3.8) is 0 Å². The Morgan fingerprint density at radius 1 is 1.45 bits per heavy atom. The third-order valence-corrected chi connectivity index (χ3v) is 4.28. The minimum Gasteiger partial charge on any atom is -0.337 e. The summed E-state index contributed by atoms with van der Waals surface area (Å²) < 4.78 is 1.82. The number of hydrogen-bond acceptors (Lipinski definition) is 3. The van der Waals surface area contributed by atoms with E-state index in [1.165, 1.54) is 0 Å². The molecule has 5 nitrogen and oxygen atoms in total. The van der Waals surface area contributed by atoms with Gasteiger partial charge in [0.2, 0.25) is 0 Å². The Balaban J connectivity index is 2.07. The van der Waals surface area contributed by atoms with Gasteiger partial charge in [0, 0.05) is 25.7 Å². The second-order valence-corrected chi connectivity index (χ2v) is 5.68. The van der Waals surface area contributed by atoms with Crippen LogP contribution in [0.4, 0.5) is 0 Å². The summed E-state index contributed by atoms with van der Waals surface area (Å²) in [4.78, 5) is 14.6. The molecule has 1 amide bonds. The summed E-state index contributed by atoms with van der Waals surface area (Å²) in [6.45, 7) is 8.48. The first-order valence-corrected chi connectivity index (χ1v) is 7.68. The van der Waals surface area contributed by atoms with Gasteiger partial charge in [0.15, 0.2) is 0 Å². The van der Waals surface area contributed by atoms with E-state index in [1.54, 1.807) is 0 Å². The molecule has 0 aromatic carbocycles. The number of hydrogen-bond donors (Lipinski definition) is 1. The highest BCUT2D eigenvalue weighted by atomic mass is 16.2. The average molecular weight is 278 g/mol. The van der Waals surface area contributed by atoms with Crippen LogP contribution in [-0.4, -0.2) is 39.7 Å². The predicted octanol–water partition coefficient (Wildman–Crippen LogP) is 1.66. The quantitative estimate of drug-likeness (QED) is 0.911. The Labute approximate surface area is 121 Å². The van der Waals surface area contributed by atoms with Crippen molar-refractivity contribution in [3.05, 3.63) is 17.5 Å². The molecule has 2 rings (SSSR count). The highest BCUT2D eigenvalue weighted by Crippen LogP contribution is 2.21. The van der Waals surface area contributed by atoms with Gasteiger partial charge in [0.05, 0.1) is 5.69 Å². The fourth-order valence-corrected chi connectivity index (χ4v) is 2.85. The zero-order valence-corrected chi connectivity index (χ0v) is 12.8. The Morgan fingerprint density at radius 2 is 2.10 bits per heavy atom. The van der Waals surface area contributed by atoms with Crippen LogP contribution in [0.25, 0.3) is 0 Å². The summed E-state index contributed by atoms with van der Waals surface area (Å²) in [5.74, 6) is 0.656. The van der Waals surface area contributed by atoms with Crippen LogP contribution in [-0.2, 0) is 13.0 Å². The number of aromatic nitrogens is 2. The first-order valence-electron chi connectivity index (χ1n) is 7.68. The van der Waals surface area contributed by atoms with E-state index in [-0.39, 0.29) is 11.9 Å². The molecule has 0 saturated carbocycles. The number of aryl methyl sites for hydroxylation is 2. The van der Waals surface area contributed by atoms with Crippen LogP contribution in [0.5, 0.6) is 0 Å². The molecule has 1 fully saturated rings. The monoisotopic (exact) mass is 278 g/mol. The van der Waals surface area contributed by atoms with Gasteiger partial charge in [0.25, 0.3) is 5.91 Å². The number of likely N-dealkylation sites (tertiary alicyclic amines) is 1. The molecule has 1 atom stereocenters. The van der Waals surface area contributed by atoms with E-state index in [9.17, 15) is 4.79 Å². The van der Waals surface area contributed by atoms with Gasteiger partial charge in [-0.25, -0.2) is 0 Å². The van der Waals surface area contributed by atoms with Crippen LogP contribution in [0.2, 0.25) is 0 Å². The molecular formula is C15H26N4O. The van der Waals surface area contributed by atoms with Crippen molar-refractivity contribution in [2.45, 2.75) is 52.6 Å². The van der Waals surface area contributed by atoms with Gasteiger partial charge in [0.1, 0.15) is 5.69 Å². The van der Waals surface area contributed by atoms with Gasteiger partial charge in [-0.1, -0.05) is 6.92 Å². The molecule has 1 saturated heterocycles. The second-order valence-electron chi connectivity index (χ2n) is 5.68. The Bertz CT molecular complexity index is 458. The maximum Gasteiger partial charge on any atom is 0.272 e. The van der Waals surface area contributed by atoms with Gasteiger partial charge in [-0.2, -0.15) is 5.10 Å². The molecule has 2 N–H and O–H groups in total. The average Bonchev–Trinajstić information content (AvgIpc) is 2.90. The van der Waals surface area contributed by atoms with E-state index < -0.39 is 0 Å². The molecule has 0 radical (unpaired) electrons. The summed E-state index contributed by atoms with van der Waals surface area (Å²) in [6.07, 6.45) is 2.87. The van der Waals surface area contributed by atoms with Crippen LogP contribution >= 0.6 is 0 Å². The highest BCUT2D eigenvalue weighted by molar-refractivity contribution is 5.92. The molecule has 1 aliphatic rings. The minimum atomic E-state index is 0.113. The lowest BCUT2D eigenvalue weighted by Crippen LogP contribution is -2.43. The van der Waals surface area contributed by atoms with Gasteiger partial charge < -0.3 is 10.6 Å². The highest BCUT2D eigenvalue weighted by Gasteiger charge is 2.27. The summed E-state index contributed by atoms with van der Waals surface area (Å²) in [7, 11) is 0. The molecule has 2 heterocycles. The van der Waals surface area contributed by atoms with E-state index in [0.717, 1.165) is 50.3 Å². The number of carbonyl (C=O) groups excluding carboxylic acids is 1. The first kappa shape index (κ1) is 15.0. The minimum absolute atomic E-state index is 0.113. The standard InChI is InChI=1S/C15H26N4O/c1-4-13-10-14(19(5-2)17-13)15(20)18-8-6-12(7-9-18)11(3)16/h10-12H,4-9,16H2,1-3H3. The second kappa shape index (κ2) is 6.39. The van der Waals surface area contributed by atoms with Crippen LogP contribution < -0.4 is 5.73 Å². The zero-order valence-electron chi connectivity index (χ0n) is 12.8. The fraction of sp³-hybridized carbons (Fsp3) is 0.733. The number of nitrogens with two attached hydrogens (primary N) is 1. The van der Waals surface area contributed by atoms with Crippen LogP contribution in [0.15, 0.2) is 6.07 Å². The van der Waals surface area contributed by atoms with Gasteiger partial charge in [-0.05, 0) is 45.1 Å². The van der Waals surface area contributed by atoms with Crippen molar-refractivity contribution in [3.8, 4) is 0 Å². The van der Waals surface area contributed by atoms with Gasteiger partial charge in [-0.3, -0.25) is 9.48 Å². The number of carbonyl (C=O) groups is 1. The van der Waals surface area contributed by atoms with E-state index in [1.807, 2.05) is 22.6 Å². The summed E-state index contributed by atoms with van der Waals surface area (Å²) in [5.41, 5.74) is 7.66. The molecule has 1 aliphatic heterocycles. The number of nitrogens with zero attached hydrogens (tertiary/aromatic N) is 3. The number of amides is 1.